The monoisotopic (exact) mass is 448 g/mol. The third-order valence-corrected chi connectivity index (χ3v) is 5.75. The Hall–Kier alpha value is -3.81. The summed E-state index contributed by atoms with van der Waals surface area (Å²) >= 11 is 0. The fraction of sp³-hybridized carbons (Fsp3) is 0.320. The fourth-order valence-electron chi connectivity index (χ4n) is 3.85. The Morgan fingerprint density at radius 1 is 1.15 bits per heavy atom. The van der Waals surface area contributed by atoms with E-state index in [0.29, 0.717) is 28.3 Å². The van der Waals surface area contributed by atoms with Gasteiger partial charge in [-0.1, -0.05) is 18.6 Å². The summed E-state index contributed by atoms with van der Waals surface area (Å²) in [7, 11) is 1.51. The van der Waals surface area contributed by atoms with Crippen LogP contribution in [0.15, 0.2) is 48.5 Å². The Bertz CT molecular complexity index is 1180. The molecule has 172 valence electrons. The van der Waals surface area contributed by atoms with Crippen LogP contribution in [-0.2, 0) is 0 Å². The van der Waals surface area contributed by atoms with Gasteiger partial charge in [0.1, 0.15) is 11.5 Å². The first-order valence-electron chi connectivity index (χ1n) is 11.1. The van der Waals surface area contributed by atoms with Crippen molar-refractivity contribution in [3.8, 4) is 22.8 Å². The molecule has 0 radical (unpaired) electrons. The minimum absolute atomic E-state index is 0.0149. The van der Waals surface area contributed by atoms with Gasteiger partial charge in [-0.3, -0.25) is 4.79 Å². The van der Waals surface area contributed by atoms with Crippen LogP contribution in [-0.4, -0.2) is 40.0 Å². The van der Waals surface area contributed by atoms with Crippen LogP contribution >= 0.6 is 0 Å². The van der Waals surface area contributed by atoms with Crippen LogP contribution in [0.4, 0.5) is 10.5 Å². The van der Waals surface area contributed by atoms with Crippen molar-refractivity contribution in [3.63, 3.8) is 0 Å². The van der Waals surface area contributed by atoms with Gasteiger partial charge in [0.15, 0.2) is 0 Å². The van der Waals surface area contributed by atoms with Gasteiger partial charge in [0.05, 0.1) is 24.1 Å². The van der Waals surface area contributed by atoms with E-state index in [1.807, 2.05) is 19.9 Å². The van der Waals surface area contributed by atoms with Gasteiger partial charge in [-0.25, -0.2) is 4.79 Å². The smallest absolute Gasteiger partial charge is 0.342 e. The number of phenolic OH excluding ortho intramolecular Hbond substituents is 1. The first kappa shape index (κ1) is 22.4. The molecule has 2 aromatic carbocycles. The molecule has 3 aromatic rings. The number of carbonyl (C=O) groups is 2. The summed E-state index contributed by atoms with van der Waals surface area (Å²) in [5, 5.41) is 20.9. The standard InChI is InChI=1S/C25H28N4O4/c1-15(2)26-25(32)29-21(16-7-6-8-16)14-20(28-29)18-12-11-17(13-22(18)30)27-24(31)19-9-4-5-10-23(19)33-3/h4-5,9-16,30H,6-8H2,1-3H3,(H,26,32)(H,27,31). The zero-order valence-electron chi connectivity index (χ0n) is 19.0. The molecule has 0 aliphatic heterocycles. The number of methoxy groups -OCH3 is 1. The molecule has 8 nitrogen and oxygen atoms in total. The molecular weight excluding hydrogens is 420 g/mol. The molecule has 33 heavy (non-hydrogen) atoms. The van der Waals surface area contributed by atoms with Gasteiger partial charge in [0.25, 0.3) is 5.91 Å². The second-order valence-corrected chi connectivity index (χ2v) is 8.48. The Balaban J connectivity index is 1.60. The van der Waals surface area contributed by atoms with Crippen LogP contribution in [0.25, 0.3) is 11.3 Å². The Morgan fingerprint density at radius 2 is 1.91 bits per heavy atom. The molecule has 0 spiro atoms. The maximum atomic E-state index is 12.7. The summed E-state index contributed by atoms with van der Waals surface area (Å²) in [4.78, 5) is 25.3. The van der Waals surface area contributed by atoms with Gasteiger partial charge < -0.3 is 20.5 Å². The van der Waals surface area contributed by atoms with Gasteiger partial charge in [0, 0.05) is 29.3 Å². The third-order valence-electron chi connectivity index (χ3n) is 5.75. The highest BCUT2D eigenvalue weighted by atomic mass is 16.5. The molecule has 0 atom stereocenters. The zero-order valence-corrected chi connectivity index (χ0v) is 19.0. The van der Waals surface area contributed by atoms with E-state index in [-0.39, 0.29) is 29.6 Å². The van der Waals surface area contributed by atoms with Crippen molar-refractivity contribution in [2.75, 3.05) is 12.4 Å². The number of nitrogens with one attached hydrogen (secondary N) is 2. The predicted octanol–water partition coefficient (Wildman–Crippen LogP) is 4.75. The van der Waals surface area contributed by atoms with Crippen molar-refractivity contribution >= 4 is 17.6 Å². The van der Waals surface area contributed by atoms with Crippen molar-refractivity contribution in [1.82, 2.24) is 15.1 Å². The lowest BCUT2D eigenvalue weighted by molar-refractivity contribution is 0.102. The molecule has 1 aliphatic carbocycles. The number of phenols is 1. The molecule has 1 aromatic heterocycles. The highest BCUT2D eigenvalue weighted by Crippen LogP contribution is 2.39. The van der Waals surface area contributed by atoms with Gasteiger partial charge in [0.2, 0.25) is 0 Å². The van der Waals surface area contributed by atoms with Crippen molar-refractivity contribution in [2.45, 2.75) is 45.1 Å². The Labute approximate surface area is 192 Å². The molecule has 8 heteroatoms. The molecule has 1 aliphatic rings. The number of benzene rings is 2. The van der Waals surface area contributed by atoms with E-state index >= 15 is 0 Å². The number of hydrogen-bond acceptors (Lipinski definition) is 5. The second-order valence-electron chi connectivity index (χ2n) is 8.48. The lowest BCUT2D eigenvalue weighted by Crippen LogP contribution is -2.36. The minimum Gasteiger partial charge on any atom is -0.507 e. The van der Waals surface area contributed by atoms with Gasteiger partial charge in [-0.15, -0.1) is 0 Å². The summed E-state index contributed by atoms with van der Waals surface area (Å²) in [6, 6.07) is 13.3. The SMILES string of the molecule is COc1ccccc1C(=O)Nc1ccc(-c2cc(C3CCC3)n(C(=O)NC(C)C)n2)c(O)c1. The summed E-state index contributed by atoms with van der Waals surface area (Å²) in [6.07, 6.45) is 3.16. The van der Waals surface area contributed by atoms with Crippen LogP contribution < -0.4 is 15.4 Å². The lowest BCUT2D eigenvalue weighted by atomic mass is 9.82. The third kappa shape index (κ3) is 4.69. The molecule has 1 saturated carbocycles. The number of aromatic hydroxyl groups is 1. The molecule has 1 heterocycles. The number of nitrogens with zero attached hydrogens (tertiary/aromatic N) is 2. The average molecular weight is 449 g/mol. The van der Waals surface area contributed by atoms with Gasteiger partial charge in [-0.05, 0) is 57.0 Å². The summed E-state index contributed by atoms with van der Waals surface area (Å²) in [6.45, 7) is 3.80. The molecule has 4 rings (SSSR count). The van der Waals surface area contributed by atoms with Crippen LogP contribution in [0.2, 0.25) is 0 Å². The Morgan fingerprint density at radius 3 is 2.55 bits per heavy atom. The largest absolute Gasteiger partial charge is 0.507 e. The highest BCUT2D eigenvalue weighted by molar-refractivity contribution is 6.06. The Kier molecular flexibility index (Phi) is 6.35. The van der Waals surface area contributed by atoms with Gasteiger partial charge in [-0.2, -0.15) is 9.78 Å². The normalized spacial score (nSPS) is 13.5. The number of para-hydroxylation sites is 1. The van der Waals surface area contributed by atoms with Crippen molar-refractivity contribution in [3.05, 3.63) is 59.8 Å². The zero-order chi connectivity index (χ0) is 23.5. The maximum absolute atomic E-state index is 12.7. The average Bonchev–Trinajstić information content (AvgIpc) is 3.16. The number of aromatic nitrogens is 2. The van der Waals surface area contributed by atoms with E-state index in [4.69, 9.17) is 4.74 Å². The van der Waals surface area contributed by atoms with E-state index < -0.39 is 0 Å². The van der Waals surface area contributed by atoms with Crippen LogP contribution in [0.3, 0.4) is 0 Å². The fourth-order valence-corrected chi connectivity index (χ4v) is 3.85. The van der Waals surface area contributed by atoms with E-state index in [9.17, 15) is 14.7 Å². The summed E-state index contributed by atoms with van der Waals surface area (Å²) < 4.78 is 6.65. The van der Waals surface area contributed by atoms with Crippen molar-refractivity contribution in [1.29, 1.82) is 0 Å². The minimum atomic E-state index is -0.346. The topological polar surface area (TPSA) is 105 Å². The molecule has 0 saturated heterocycles. The molecule has 0 bridgehead atoms. The molecule has 1 fully saturated rings. The van der Waals surface area contributed by atoms with E-state index in [2.05, 4.69) is 15.7 Å². The molecule has 2 amide bonds. The van der Waals surface area contributed by atoms with E-state index in [1.165, 1.54) is 17.9 Å². The molecule has 3 N–H and O–H groups in total. The second kappa shape index (κ2) is 9.36. The summed E-state index contributed by atoms with van der Waals surface area (Å²) in [5.74, 6) is 0.360. The maximum Gasteiger partial charge on any atom is 0.342 e. The predicted molar refractivity (Wildman–Crippen MR) is 126 cm³/mol. The first-order chi connectivity index (χ1) is 15.9. The van der Waals surface area contributed by atoms with Crippen molar-refractivity contribution in [2.24, 2.45) is 0 Å². The van der Waals surface area contributed by atoms with Crippen LogP contribution in [0, 0.1) is 0 Å². The number of amides is 2. The highest BCUT2D eigenvalue weighted by Gasteiger charge is 2.28. The van der Waals surface area contributed by atoms with Gasteiger partial charge >= 0.3 is 6.03 Å². The summed E-state index contributed by atoms with van der Waals surface area (Å²) in [5.41, 5.74) is 2.67. The van der Waals surface area contributed by atoms with Crippen LogP contribution in [0.1, 0.15) is 55.1 Å². The molecular formula is C25H28N4O4. The van der Waals surface area contributed by atoms with E-state index in [1.54, 1.807) is 36.4 Å². The number of anilines is 1. The number of rotatable bonds is 6. The number of ether oxygens (including phenoxy) is 1. The van der Waals surface area contributed by atoms with Crippen molar-refractivity contribution < 1.29 is 19.4 Å². The quantitative estimate of drug-likeness (QED) is 0.505. The first-order valence-corrected chi connectivity index (χ1v) is 11.1. The van der Waals surface area contributed by atoms with E-state index in [0.717, 1.165) is 25.0 Å². The lowest BCUT2D eigenvalue weighted by Gasteiger charge is -2.25. The number of hydrogen-bond donors (Lipinski definition) is 3. The van der Waals surface area contributed by atoms with Crippen LogP contribution in [0.5, 0.6) is 11.5 Å². The number of carbonyl (C=O) groups excluding carboxylic acids is 2. The molecule has 0 unspecified atom stereocenters.